The van der Waals surface area contributed by atoms with Crippen LogP contribution in [0.15, 0.2) is 9.79 Å². The van der Waals surface area contributed by atoms with Crippen LogP contribution in [0.25, 0.3) is 0 Å². The van der Waals surface area contributed by atoms with E-state index in [1.165, 1.54) is 4.57 Å². The maximum Gasteiger partial charge on any atom is 0.330 e. The average molecular weight is 298 g/mol. The van der Waals surface area contributed by atoms with Gasteiger partial charge in [0.15, 0.2) is 7.04 Å². The van der Waals surface area contributed by atoms with Gasteiger partial charge in [-0.1, -0.05) is 11.6 Å². The third kappa shape index (κ3) is 1.74. The molecular formula is C13H17ClN4O2. The minimum atomic E-state index is -0.791. The topological polar surface area (TPSA) is 60.5 Å². The molecule has 4 rings (SSSR count). The number of rotatable bonds is 1. The highest BCUT2D eigenvalue weighted by Gasteiger charge is 2.48. The van der Waals surface area contributed by atoms with Gasteiger partial charge in [0.05, 0.1) is 11.8 Å². The van der Waals surface area contributed by atoms with E-state index in [2.05, 4.69) is 4.99 Å². The van der Waals surface area contributed by atoms with E-state index in [1.54, 1.807) is 17.8 Å². The predicted molar refractivity (Wildman–Crippen MR) is 76.7 cm³/mol. The fraction of sp³-hybridized carbons (Fsp3) is 0.692. The van der Waals surface area contributed by atoms with Crippen LogP contribution in [-0.2, 0) is 11.8 Å². The summed E-state index contributed by atoms with van der Waals surface area (Å²) in [5.41, 5.74) is -0.290. The van der Waals surface area contributed by atoms with Gasteiger partial charge in [0.1, 0.15) is 11.5 Å². The molecule has 0 bridgehead atoms. The smallest absolute Gasteiger partial charge is 0.330 e. The first-order valence-electron chi connectivity index (χ1n) is 7.38. The lowest BCUT2D eigenvalue weighted by molar-refractivity contribution is -0.0250. The van der Waals surface area contributed by atoms with Gasteiger partial charge in [0, 0.05) is 19.7 Å². The number of aliphatic imine (C=N–C) groups is 1. The molecule has 1 saturated carbocycles. The molecule has 0 radical (unpaired) electrons. The van der Waals surface area contributed by atoms with E-state index in [0.717, 1.165) is 31.0 Å². The molecule has 1 saturated heterocycles. The Morgan fingerprint density at radius 2 is 2.45 bits per heavy atom. The second-order valence-corrected chi connectivity index (χ2v) is 6.21. The fourth-order valence-electron chi connectivity index (χ4n) is 3.21. The third-order valence-electron chi connectivity index (χ3n) is 4.50. The van der Waals surface area contributed by atoms with Crippen LogP contribution in [-0.4, -0.2) is 33.2 Å². The van der Waals surface area contributed by atoms with Crippen molar-refractivity contribution < 1.29 is 6.15 Å². The number of alkyl halides is 1. The summed E-state index contributed by atoms with van der Waals surface area (Å²) in [6.45, 7) is 0.664. The van der Waals surface area contributed by atoms with E-state index in [4.69, 9.17) is 17.7 Å². The molecule has 1 N–H and O–H groups in total. The Bertz CT molecular complexity index is 678. The Labute approximate surface area is 122 Å². The molecule has 1 spiro atoms. The molecule has 108 valence electrons. The van der Waals surface area contributed by atoms with Crippen LogP contribution in [0.4, 0.5) is 5.82 Å². The van der Waals surface area contributed by atoms with Crippen molar-refractivity contribution in [2.24, 2.45) is 12.0 Å². The number of ether oxygens (including phenoxy) is 1. The van der Waals surface area contributed by atoms with Crippen molar-refractivity contribution in [3.05, 3.63) is 16.2 Å². The zero-order valence-corrected chi connectivity index (χ0v) is 12.0. The third-order valence-corrected chi connectivity index (χ3v) is 4.71. The molecular weight excluding hydrogens is 280 g/mol. The van der Waals surface area contributed by atoms with Crippen LogP contribution >= 0.6 is 11.6 Å². The van der Waals surface area contributed by atoms with Gasteiger partial charge in [-0.2, -0.15) is 0 Å². The van der Waals surface area contributed by atoms with Crippen molar-refractivity contribution in [1.29, 1.82) is 0 Å². The van der Waals surface area contributed by atoms with E-state index >= 15 is 0 Å². The van der Waals surface area contributed by atoms with Crippen LogP contribution in [0, 0.1) is 0 Å². The minimum absolute atomic E-state index is 0.0267. The maximum absolute atomic E-state index is 12.6. The number of fused-ring (bicyclic) bond motifs is 1. The fourth-order valence-corrected chi connectivity index (χ4v) is 3.36. The molecule has 0 aromatic carbocycles. The van der Waals surface area contributed by atoms with Crippen LogP contribution in [0.2, 0.25) is 1.41 Å². The number of halogens is 1. The molecule has 1 aliphatic carbocycles. The first-order chi connectivity index (χ1) is 10.0. The van der Waals surface area contributed by atoms with Gasteiger partial charge in [-0.15, -0.1) is 0 Å². The molecule has 1 aromatic rings. The van der Waals surface area contributed by atoms with E-state index in [0.29, 0.717) is 18.1 Å². The Balaban J connectivity index is 1.82. The van der Waals surface area contributed by atoms with Gasteiger partial charge < -0.3 is 10.0 Å². The van der Waals surface area contributed by atoms with Gasteiger partial charge >= 0.3 is 5.69 Å². The highest BCUT2D eigenvalue weighted by atomic mass is 35.5. The van der Waals surface area contributed by atoms with Crippen molar-refractivity contribution in [3.8, 4) is 0 Å². The zero-order valence-electron chi connectivity index (χ0n) is 12.3. The molecule has 3 heterocycles. The van der Waals surface area contributed by atoms with E-state index < -0.39 is 5.62 Å². The summed E-state index contributed by atoms with van der Waals surface area (Å²) in [6, 6.07) is 0.0620. The first-order valence-corrected chi connectivity index (χ1v) is 7.37. The summed E-state index contributed by atoms with van der Waals surface area (Å²) in [5, 5.41) is 1.12. The lowest BCUT2D eigenvalue weighted by atomic mass is 10.0. The van der Waals surface area contributed by atoms with Crippen LogP contribution in [0.5, 0.6) is 0 Å². The molecule has 6 nitrogen and oxygen atoms in total. The summed E-state index contributed by atoms with van der Waals surface area (Å²) >= 11 is 6.03. The van der Waals surface area contributed by atoms with E-state index in [-0.39, 0.29) is 17.3 Å². The lowest BCUT2D eigenvalue weighted by Crippen LogP contribution is -2.35. The average Bonchev–Trinajstić information content (AvgIpc) is 3.15. The standard InChI is InChI=1S/C13H17ClN4O2/c1-17-9-7-15-11(14)16-10(9)18(12(17)19)8-2-5-20-13(6-8)3-4-13/h7-8,11,16H,2-6H2,1H3/i/hD. The Kier molecular flexibility index (Phi) is 2.34. The number of aromatic nitrogens is 2. The van der Waals surface area contributed by atoms with Gasteiger partial charge in [-0.05, 0) is 25.7 Å². The van der Waals surface area contributed by atoms with E-state index in [1.807, 2.05) is 0 Å². The monoisotopic (exact) mass is 297 g/mol. The molecule has 3 aliphatic rings. The van der Waals surface area contributed by atoms with Crippen molar-refractivity contribution in [2.45, 2.75) is 43.0 Å². The summed E-state index contributed by atoms with van der Waals surface area (Å²) in [5.74, 6) is 0.542. The van der Waals surface area contributed by atoms with Gasteiger partial charge in [-0.25, -0.2) is 4.79 Å². The molecule has 20 heavy (non-hydrogen) atoms. The van der Waals surface area contributed by atoms with Crippen molar-refractivity contribution in [2.75, 3.05) is 11.9 Å². The van der Waals surface area contributed by atoms with Crippen LogP contribution < -0.4 is 11.0 Å². The Hall–Kier alpha value is -1.27. The molecule has 0 amide bonds. The highest BCUT2D eigenvalue weighted by molar-refractivity contribution is 6.22. The molecule has 2 fully saturated rings. The highest BCUT2D eigenvalue weighted by Crippen LogP contribution is 2.49. The largest absolute Gasteiger partial charge is 0.375 e. The number of hydrogen-bond acceptors (Lipinski definition) is 4. The summed E-state index contributed by atoms with van der Waals surface area (Å²) in [7, 11) is 1.71. The van der Waals surface area contributed by atoms with Crippen molar-refractivity contribution >= 4 is 23.6 Å². The van der Waals surface area contributed by atoms with Gasteiger partial charge in [0.25, 0.3) is 0 Å². The normalized spacial score (nSPS) is 31.3. The van der Waals surface area contributed by atoms with E-state index in [9.17, 15) is 4.79 Å². The second kappa shape index (κ2) is 4.11. The minimum Gasteiger partial charge on any atom is -0.375 e. The van der Waals surface area contributed by atoms with Crippen molar-refractivity contribution in [1.82, 2.24) is 9.13 Å². The summed E-state index contributed by atoms with van der Waals surface area (Å²) in [4.78, 5) is 16.6. The number of imidazole rings is 1. The Morgan fingerprint density at radius 3 is 3.20 bits per heavy atom. The molecule has 7 heteroatoms. The number of hydrogen-bond donors (Lipinski definition) is 1. The van der Waals surface area contributed by atoms with Gasteiger partial charge in [-0.3, -0.25) is 14.1 Å². The summed E-state index contributed by atoms with van der Waals surface area (Å²) in [6.07, 6.45) is 5.34. The van der Waals surface area contributed by atoms with Crippen molar-refractivity contribution in [3.63, 3.8) is 0 Å². The second-order valence-electron chi connectivity index (χ2n) is 5.82. The maximum atomic E-state index is 12.6. The summed E-state index contributed by atoms with van der Waals surface area (Å²) < 4.78 is 17.2. The Morgan fingerprint density at radius 1 is 1.65 bits per heavy atom. The number of nitrogens with one attached hydrogen (secondary N) is 1. The number of nitrogens with zero attached hydrogens (tertiary/aromatic N) is 3. The number of anilines is 1. The van der Waals surface area contributed by atoms with Crippen LogP contribution in [0.3, 0.4) is 0 Å². The van der Waals surface area contributed by atoms with Crippen LogP contribution in [0.1, 0.15) is 37.4 Å². The first kappa shape index (κ1) is 11.4. The zero-order chi connectivity index (χ0) is 14.8. The molecule has 1 aromatic heterocycles. The molecule has 2 atom stereocenters. The predicted octanol–water partition coefficient (Wildman–Crippen LogP) is 1.44. The SMILES string of the molecule is [2H]N1c2c(n(C)c(=O)n2C2CCOC3(CC3)C2)C=NC1Cl. The lowest BCUT2D eigenvalue weighted by Gasteiger charge is -2.31. The molecule has 2 aliphatic heterocycles. The van der Waals surface area contributed by atoms with Gasteiger partial charge in [0.2, 0.25) is 0 Å². The molecule has 2 unspecified atom stereocenters. The quantitative estimate of drug-likeness (QED) is 0.630.